The molecule has 2 aliphatic rings. The minimum absolute atomic E-state index is 0.0944. The third kappa shape index (κ3) is 4.05. The molecule has 1 atom stereocenters. The summed E-state index contributed by atoms with van der Waals surface area (Å²) in [4.78, 5) is 18.5. The van der Waals surface area contributed by atoms with Crippen molar-refractivity contribution >= 4 is 17.3 Å². The number of fused-ring (bicyclic) bond motifs is 1. The molecule has 1 unspecified atom stereocenters. The quantitative estimate of drug-likeness (QED) is 0.561. The maximum Gasteiger partial charge on any atom is 0.239 e. The van der Waals surface area contributed by atoms with Crippen LogP contribution in [0.2, 0.25) is 0 Å². The van der Waals surface area contributed by atoms with E-state index in [2.05, 4.69) is 64.5 Å². The van der Waals surface area contributed by atoms with Crippen LogP contribution in [0.15, 0.2) is 72.8 Å². The van der Waals surface area contributed by atoms with E-state index < -0.39 is 5.41 Å². The number of carbonyl (C=O) groups is 1. The van der Waals surface area contributed by atoms with Gasteiger partial charge in [0.2, 0.25) is 5.91 Å². The summed E-state index contributed by atoms with van der Waals surface area (Å²) in [6, 6.07) is 25.0. The zero-order valence-corrected chi connectivity index (χ0v) is 20.1. The minimum Gasteiger partial charge on any atom is -0.497 e. The Bertz CT molecular complexity index is 1160. The highest BCUT2D eigenvalue weighted by molar-refractivity contribution is 6.08. The van der Waals surface area contributed by atoms with Crippen molar-refractivity contribution in [3.05, 3.63) is 89.5 Å². The molecule has 34 heavy (non-hydrogen) atoms. The monoisotopic (exact) mass is 455 g/mol. The first-order valence-corrected chi connectivity index (χ1v) is 12.3. The number of anilines is 2. The van der Waals surface area contributed by atoms with Crippen molar-refractivity contribution in [3.8, 4) is 5.75 Å². The molecule has 2 aliphatic heterocycles. The summed E-state index contributed by atoms with van der Waals surface area (Å²) in [7, 11) is 1.71. The molecule has 3 aromatic rings. The van der Waals surface area contributed by atoms with E-state index in [0.29, 0.717) is 0 Å². The number of hydrogen-bond acceptors (Lipinski definition) is 4. The number of nitrogens with one attached hydrogen (secondary N) is 1. The van der Waals surface area contributed by atoms with Gasteiger partial charge in [-0.1, -0.05) is 55.5 Å². The first-order valence-electron chi connectivity index (χ1n) is 12.3. The van der Waals surface area contributed by atoms with Crippen molar-refractivity contribution in [2.45, 2.75) is 25.2 Å². The van der Waals surface area contributed by atoms with Crippen molar-refractivity contribution in [1.82, 2.24) is 4.90 Å². The average molecular weight is 456 g/mol. The first-order chi connectivity index (χ1) is 16.6. The standard InChI is InChI=1S/C29H33N3O2/c1-3-22-12-13-26-27(20-22)30-28(33)29(26,23-8-5-4-6-9-23)14-15-31-16-18-32(19-17-31)24-10-7-11-25(21-24)34-2/h4-13,20-21H,3,14-19H2,1-2H3,(H,30,33). The third-order valence-electron chi connectivity index (χ3n) is 7.45. The van der Waals surface area contributed by atoms with Gasteiger partial charge in [0.25, 0.3) is 0 Å². The van der Waals surface area contributed by atoms with Gasteiger partial charge in [0, 0.05) is 43.6 Å². The fourth-order valence-electron chi connectivity index (χ4n) is 5.40. The van der Waals surface area contributed by atoms with Crippen LogP contribution in [0.25, 0.3) is 0 Å². The Kier molecular flexibility index (Phi) is 6.29. The van der Waals surface area contributed by atoms with Crippen molar-refractivity contribution in [2.24, 2.45) is 0 Å². The molecule has 1 fully saturated rings. The SMILES string of the molecule is CCc1ccc2c(c1)NC(=O)C2(CCN1CCN(c2cccc(OC)c2)CC1)c1ccccc1. The van der Waals surface area contributed by atoms with Gasteiger partial charge in [-0.15, -0.1) is 0 Å². The molecule has 0 aromatic heterocycles. The number of amides is 1. The van der Waals surface area contributed by atoms with Crippen molar-refractivity contribution in [2.75, 3.05) is 50.1 Å². The van der Waals surface area contributed by atoms with Gasteiger partial charge < -0.3 is 15.0 Å². The van der Waals surface area contributed by atoms with E-state index in [1.165, 1.54) is 11.3 Å². The third-order valence-corrected chi connectivity index (χ3v) is 7.45. The lowest BCUT2D eigenvalue weighted by Gasteiger charge is -2.38. The van der Waals surface area contributed by atoms with E-state index in [-0.39, 0.29) is 5.91 Å². The van der Waals surface area contributed by atoms with Gasteiger partial charge in [-0.3, -0.25) is 9.69 Å². The molecule has 1 amide bonds. The fraction of sp³-hybridized carbons (Fsp3) is 0.345. The van der Waals surface area contributed by atoms with Crippen molar-refractivity contribution < 1.29 is 9.53 Å². The summed E-state index contributed by atoms with van der Waals surface area (Å²) >= 11 is 0. The number of carbonyl (C=O) groups excluding carboxylic acids is 1. The predicted molar refractivity (Wildman–Crippen MR) is 138 cm³/mol. The van der Waals surface area contributed by atoms with Crippen LogP contribution < -0.4 is 15.0 Å². The Morgan fingerprint density at radius 3 is 2.47 bits per heavy atom. The maximum atomic E-state index is 13.6. The van der Waals surface area contributed by atoms with Gasteiger partial charge in [-0.05, 0) is 54.3 Å². The highest BCUT2D eigenvalue weighted by Gasteiger charge is 2.48. The first kappa shape index (κ1) is 22.5. The molecule has 1 N–H and O–H groups in total. The van der Waals surface area contributed by atoms with Gasteiger partial charge in [0.05, 0.1) is 7.11 Å². The molecule has 0 aliphatic carbocycles. The van der Waals surface area contributed by atoms with Gasteiger partial charge >= 0.3 is 0 Å². The Morgan fingerprint density at radius 1 is 0.941 bits per heavy atom. The normalized spacial score (nSPS) is 20.2. The van der Waals surface area contributed by atoms with Crippen LogP contribution in [-0.2, 0) is 16.6 Å². The van der Waals surface area contributed by atoms with E-state index in [9.17, 15) is 4.79 Å². The van der Waals surface area contributed by atoms with Gasteiger partial charge in [0.15, 0.2) is 0 Å². The minimum atomic E-state index is -0.646. The summed E-state index contributed by atoms with van der Waals surface area (Å²) in [5.41, 5.74) is 4.96. The zero-order chi connectivity index (χ0) is 23.5. The van der Waals surface area contributed by atoms with Gasteiger partial charge in [-0.2, -0.15) is 0 Å². The number of piperazine rings is 1. The van der Waals surface area contributed by atoms with Crippen LogP contribution in [0.1, 0.15) is 30.0 Å². The number of rotatable bonds is 7. The highest BCUT2D eigenvalue weighted by atomic mass is 16.5. The van der Waals surface area contributed by atoms with Crippen LogP contribution in [0.4, 0.5) is 11.4 Å². The summed E-state index contributed by atoms with van der Waals surface area (Å²) < 4.78 is 5.39. The second-order valence-corrected chi connectivity index (χ2v) is 9.24. The summed E-state index contributed by atoms with van der Waals surface area (Å²) in [6.07, 6.45) is 1.72. The second kappa shape index (κ2) is 9.51. The molecule has 0 bridgehead atoms. The number of methoxy groups -OCH3 is 1. The molecule has 0 spiro atoms. The number of nitrogens with zero attached hydrogens (tertiary/aromatic N) is 2. The van der Waals surface area contributed by atoms with E-state index >= 15 is 0 Å². The van der Waals surface area contributed by atoms with Gasteiger partial charge in [-0.25, -0.2) is 0 Å². The Balaban J connectivity index is 1.34. The summed E-state index contributed by atoms with van der Waals surface area (Å²) in [6.45, 7) is 6.91. The molecular formula is C29H33N3O2. The highest BCUT2D eigenvalue weighted by Crippen LogP contribution is 2.45. The van der Waals surface area contributed by atoms with Crippen molar-refractivity contribution in [3.63, 3.8) is 0 Å². The smallest absolute Gasteiger partial charge is 0.239 e. The molecule has 1 saturated heterocycles. The lowest BCUT2D eigenvalue weighted by molar-refractivity contribution is -0.119. The fourth-order valence-corrected chi connectivity index (χ4v) is 5.40. The maximum absolute atomic E-state index is 13.6. The molecular weight excluding hydrogens is 422 g/mol. The molecule has 2 heterocycles. The summed E-state index contributed by atoms with van der Waals surface area (Å²) in [5.74, 6) is 0.985. The molecule has 5 rings (SSSR count). The number of benzene rings is 3. The topological polar surface area (TPSA) is 44.8 Å². The van der Waals surface area contributed by atoms with E-state index in [1.54, 1.807) is 7.11 Å². The molecule has 176 valence electrons. The molecule has 3 aromatic carbocycles. The molecule has 0 radical (unpaired) electrons. The molecule has 5 heteroatoms. The summed E-state index contributed by atoms with van der Waals surface area (Å²) in [5, 5.41) is 3.21. The Hall–Kier alpha value is -3.31. The Morgan fingerprint density at radius 2 is 1.74 bits per heavy atom. The average Bonchev–Trinajstić information content (AvgIpc) is 3.19. The largest absolute Gasteiger partial charge is 0.497 e. The number of ether oxygens (including phenoxy) is 1. The van der Waals surface area contributed by atoms with Crippen LogP contribution in [-0.4, -0.2) is 50.6 Å². The zero-order valence-electron chi connectivity index (χ0n) is 20.1. The predicted octanol–water partition coefficient (Wildman–Crippen LogP) is 4.71. The second-order valence-electron chi connectivity index (χ2n) is 9.24. The van der Waals surface area contributed by atoms with Crippen LogP contribution in [0, 0.1) is 0 Å². The van der Waals surface area contributed by atoms with Crippen LogP contribution >= 0.6 is 0 Å². The lowest BCUT2D eigenvalue weighted by atomic mass is 9.72. The lowest BCUT2D eigenvalue weighted by Crippen LogP contribution is -2.48. The van der Waals surface area contributed by atoms with E-state index in [4.69, 9.17) is 4.74 Å². The van der Waals surface area contributed by atoms with Crippen LogP contribution in [0.3, 0.4) is 0 Å². The molecule has 0 saturated carbocycles. The number of hydrogen-bond donors (Lipinski definition) is 1. The van der Waals surface area contributed by atoms with Crippen molar-refractivity contribution in [1.29, 1.82) is 0 Å². The Labute approximate surface area is 202 Å². The van der Waals surface area contributed by atoms with E-state index in [0.717, 1.165) is 68.1 Å². The van der Waals surface area contributed by atoms with Gasteiger partial charge in [0.1, 0.15) is 11.2 Å². The number of aryl methyl sites for hydroxylation is 1. The van der Waals surface area contributed by atoms with Crippen LogP contribution in [0.5, 0.6) is 5.75 Å². The van der Waals surface area contributed by atoms with E-state index in [1.807, 2.05) is 30.3 Å². The molecule has 5 nitrogen and oxygen atoms in total.